The molecule has 2 N–H and O–H groups in total. The zero-order chi connectivity index (χ0) is 15.8. The summed E-state index contributed by atoms with van der Waals surface area (Å²) < 4.78 is 0. The maximum absolute atomic E-state index is 4.74. The van der Waals surface area contributed by atoms with Gasteiger partial charge >= 0.3 is 0 Å². The van der Waals surface area contributed by atoms with Gasteiger partial charge in [0.2, 0.25) is 0 Å². The second-order valence-corrected chi connectivity index (χ2v) is 7.34. The van der Waals surface area contributed by atoms with E-state index >= 15 is 0 Å². The average molecular weight is 323 g/mol. The molecule has 1 aliphatic rings. The van der Waals surface area contributed by atoms with Gasteiger partial charge < -0.3 is 15.5 Å². The number of nitrogens with one attached hydrogen (secondary N) is 2. The lowest BCUT2D eigenvalue weighted by molar-refractivity contribution is 0.206. The van der Waals surface area contributed by atoms with Crippen LogP contribution in [0.5, 0.6) is 0 Å². The Labute approximate surface area is 139 Å². The SMILES string of the molecule is CCCN1CCC(NC(=NCc2ccc(C)s2)NCC)CC1. The fraction of sp³-hybridized carbons (Fsp3) is 0.706. The van der Waals surface area contributed by atoms with Gasteiger partial charge in [0, 0.05) is 35.4 Å². The van der Waals surface area contributed by atoms with Crippen molar-refractivity contribution in [3.8, 4) is 0 Å². The zero-order valence-corrected chi connectivity index (χ0v) is 15.0. The van der Waals surface area contributed by atoms with E-state index in [4.69, 9.17) is 4.99 Å². The van der Waals surface area contributed by atoms with Gasteiger partial charge in [-0.25, -0.2) is 4.99 Å². The second kappa shape index (κ2) is 9.16. The van der Waals surface area contributed by atoms with Gasteiger partial charge in [-0.2, -0.15) is 0 Å². The van der Waals surface area contributed by atoms with Gasteiger partial charge in [0.1, 0.15) is 0 Å². The molecule has 0 aliphatic carbocycles. The molecule has 0 spiro atoms. The molecule has 1 aliphatic heterocycles. The van der Waals surface area contributed by atoms with Gasteiger partial charge in [-0.15, -0.1) is 11.3 Å². The molecular weight excluding hydrogens is 292 g/mol. The van der Waals surface area contributed by atoms with Crippen molar-refractivity contribution in [2.75, 3.05) is 26.2 Å². The molecular formula is C17H30N4S. The van der Waals surface area contributed by atoms with Crippen molar-refractivity contribution >= 4 is 17.3 Å². The molecule has 0 bridgehead atoms. The third kappa shape index (κ3) is 5.61. The molecule has 1 aromatic heterocycles. The fourth-order valence-electron chi connectivity index (χ4n) is 2.86. The summed E-state index contributed by atoms with van der Waals surface area (Å²) in [7, 11) is 0. The monoisotopic (exact) mass is 322 g/mol. The van der Waals surface area contributed by atoms with Crippen LogP contribution in [0.3, 0.4) is 0 Å². The van der Waals surface area contributed by atoms with E-state index in [1.807, 2.05) is 11.3 Å². The van der Waals surface area contributed by atoms with Crippen molar-refractivity contribution in [1.82, 2.24) is 15.5 Å². The molecule has 0 atom stereocenters. The molecule has 0 radical (unpaired) electrons. The predicted octanol–water partition coefficient (Wildman–Crippen LogP) is 2.99. The van der Waals surface area contributed by atoms with E-state index in [0.717, 1.165) is 19.0 Å². The Morgan fingerprint density at radius 3 is 2.68 bits per heavy atom. The Morgan fingerprint density at radius 1 is 1.32 bits per heavy atom. The van der Waals surface area contributed by atoms with E-state index in [0.29, 0.717) is 6.04 Å². The van der Waals surface area contributed by atoms with E-state index in [9.17, 15) is 0 Å². The smallest absolute Gasteiger partial charge is 0.191 e. The number of rotatable bonds is 6. The third-order valence-corrected chi connectivity index (χ3v) is 4.99. The van der Waals surface area contributed by atoms with Crippen LogP contribution in [0.4, 0.5) is 0 Å². The largest absolute Gasteiger partial charge is 0.357 e. The number of nitrogens with zero attached hydrogens (tertiary/aromatic N) is 2. The number of piperidine rings is 1. The molecule has 22 heavy (non-hydrogen) atoms. The van der Waals surface area contributed by atoms with Crippen LogP contribution in [0.1, 0.15) is 42.9 Å². The maximum atomic E-state index is 4.74. The first-order valence-electron chi connectivity index (χ1n) is 8.53. The number of hydrogen-bond acceptors (Lipinski definition) is 3. The van der Waals surface area contributed by atoms with Crippen LogP contribution >= 0.6 is 11.3 Å². The summed E-state index contributed by atoms with van der Waals surface area (Å²) in [5, 5.41) is 6.99. The van der Waals surface area contributed by atoms with E-state index < -0.39 is 0 Å². The highest BCUT2D eigenvalue weighted by molar-refractivity contribution is 7.11. The molecule has 0 unspecified atom stereocenters. The van der Waals surface area contributed by atoms with Crippen molar-refractivity contribution < 1.29 is 0 Å². The maximum Gasteiger partial charge on any atom is 0.191 e. The molecule has 4 nitrogen and oxygen atoms in total. The molecule has 2 heterocycles. The van der Waals surface area contributed by atoms with Gasteiger partial charge in [-0.1, -0.05) is 6.92 Å². The summed E-state index contributed by atoms with van der Waals surface area (Å²) in [5.41, 5.74) is 0. The lowest BCUT2D eigenvalue weighted by Gasteiger charge is -2.32. The molecule has 0 aromatic carbocycles. The Balaban J connectivity index is 1.83. The van der Waals surface area contributed by atoms with Crippen LogP contribution in [0.25, 0.3) is 0 Å². The molecule has 124 valence electrons. The van der Waals surface area contributed by atoms with Crippen LogP contribution < -0.4 is 10.6 Å². The van der Waals surface area contributed by atoms with E-state index in [-0.39, 0.29) is 0 Å². The molecule has 1 aromatic rings. The highest BCUT2D eigenvalue weighted by atomic mass is 32.1. The lowest BCUT2D eigenvalue weighted by atomic mass is 10.1. The van der Waals surface area contributed by atoms with E-state index in [2.05, 4.69) is 48.4 Å². The zero-order valence-electron chi connectivity index (χ0n) is 14.2. The first kappa shape index (κ1) is 17.3. The Morgan fingerprint density at radius 2 is 2.09 bits per heavy atom. The van der Waals surface area contributed by atoms with Crippen LogP contribution in [-0.2, 0) is 6.54 Å². The predicted molar refractivity (Wildman–Crippen MR) is 96.8 cm³/mol. The third-order valence-electron chi connectivity index (χ3n) is 4.00. The van der Waals surface area contributed by atoms with E-state index in [1.165, 1.54) is 48.7 Å². The summed E-state index contributed by atoms with van der Waals surface area (Å²) in [6.07, 6.45) is 3.67. The number of likely N-dealkylation sites (tertiary alicyclic amines) is 1. The summed E-state index contributed by atoms with van der Waals surface area (Å²) in [5.74, 6) is 0.961. The molecule has 0 amide bonds. The second-order valence-electron chi connectivity index (χ2n) is 5.97. The highest BCUT2D eigenvalue weighted by Crippen LogP contribution is 2.16. The van der Waals surface area contributed by atoms with Crippen molar-refractivity contribution in [1.29, 1.82) is 0 Å². The van der Waals surface area contributed by atoms with Gasteiger partial charge in [0.15, 0.2) is 5.96 Å². The van der Waals surface area contributed by atoms with Crippen LogP contribution in [0.15, 0.2) is 17.1 Å². The summed E-state index contributed by atoms with van der Waals surface area (Å²) in [4.78, 5) is 9.98. The molecule has 1 saturated heterocycles. The van der Waals surface area contributed by atoms with Crippen molar-refractivity contribution in [3.63, 3.8) is 0 Å². The molecule has 5 heteroatoms. The Kier molecular flexibility index (Phi) is 7.19. The fourth-order valence-corrected chi connectivity index (χ4v) is 3.67. The number of hydrogen-bond donors (Lipinski definition) is 2. The van der Waals surface area contributed by atoms with Crippen LogP contribution in [0, 0.1) is 6.92 Å². The molecule has 0 saturated carbocycles. The van der Waals surface area contributed by atoms with E-state index in [1.54, 1.807) is 0 Å². The molecule has 2 rings (SSSR count). The highest BCUT2D eigenvalue weighted by Gasteiger charge is 2.19. The normalized spacial score (nSPS) is 17.7. The van der Waals surface area contributed by atoms with Crippen LogP contribution in [-0.4, -0.2) is 43.1 Å². The van der Waals surface area contributed by atoms with Gasteiger partial charge in [-0.05, 0) is 51.8 Å². The topological polar surface area (TPSA) is 39.7 Å². The minimum atomic E-state index is 0.552. The average Bonchev–Trinajstić information content (AvgIpc) is 2.93. The van der Waals surface area contributed by atoms with Gasteiger partial charge in [-0.3, -0.25) is 0 Å². The first-order chi connectivity index (χ1) is 10.7. The van der Waals surface area contributed by atoms with Gasteiger partial charge in [0.25, 0.3) is 0 Å². The first-order valence-corrected chi connectivity index (χ1v) is 9.35. The lowest BCUT2D eigenvalue weighted by Crippen LogP contribution is -2.48. The summed E-state index contributed by atoms with van der Waals surface area (Å²) in [6, 6.07) is 4.89. The number of aliphatic imine (C=N–C) groups is 1. The Hall–Kier alpha value is -1.07. The van der Waals surface area contributed by atoms with Crippen molar-refractivity contribution in [2.24, 2.45) is 4.99 Å². The minimum Gasteiger partial charge on any atom is -0.357 e. The molecule has 1 fully saturated rings. The van der Waals surface area contributed by atoms with Crippen LogP contribution in [0.2, 0.25) is 0 Å². The van der Waals surface area contributed by atoms with Crippen molar-refractivity contribution in [2.45, 2.75) is 52.6 Å². The number of thiophene rings is 1. The van der Waals surface area contributed by atoms with Gasteiger partial charge in [0.05, 0.1) is 6.54 Å². The summed E-state index contributed by atoms with van der Waals surface area (Å²) in [6.45, 7) is 11.8. The summed E-state index contributed by atoms with van der Waals surface area (Å²) >= 11 is 1.83. The van der Waals surface area contributed by atoms with Crippen molar-refractivity contribution in [3.05, 3.63) is 21.9 Å². The number of guanidine groups is 1. The number of aryl methyl sites for hydroxylation is 1. The standard InChI is InChI=1S/C17H30N4S/c1-4-10-21-11-8-15(9-12-21)20-17(18-5-2)19-13-16-7-6-14(3)22-16/h6-7,15H,4-5,8-13H2,1-3H3,(H2,18,19,20). The minimum absolute atomic E-state index is 0.552. The Bertz CT molecular complexity index is 461. The quantitative estimate of drug-likeness (QED) is 0.625.